The van der Waals surface area contributed by atoms with Gasteiger partial charge in [-0.25, -0.2) is 0 Å². The highest BCUT2D eigenvalue weighted by Crippen LogP contribution is 1.97. The van der Waals surface area contributed by atoms with Gasteiger partial charge in [0.05, 0.1) is 6.42 Å². The third-order valence-corrected chi connectivity index (χ3v) is 1.08. The first-order valence-corrected chi connectivity index (χ1v) is 3.03. The predicted molar refractivity (Wildman–Crippen MR) is 42.6 cm³/mol. The number of allylic oxidation sites excluding steroid dienone is 5. The van der Waals surface area contributed by atoms with Crippen molar-refractivity contribution in [3.05, 3.63) is 42.6 Å². The van der Waals surface area contributed by atoms with E-state index in [-0.39, 0.29) is 0 Å². The Morgan fingerprint density at radius 2 is 2.30 bits per heavy atom. The van der Waals surface area contributed by atoms with Crippen molar-refractivity contribution in [2.24, 2.45) is 0 Å². The van der Waals surface area contributed by atoms with Gasteiger partial charge in [0.25, 0.3) is 0 Å². The van der Waals surface area contributed by atoms with Crippen molar-refractivity contribution in [2.45, 2.75) is 0 Å². The number of rotatable bonds is 1. The molecule has 0 unspecified atom stereocenters. The van der Waals surface area contributed by atoms with Crippen LogP contribution in [0, 0.1) is 18.8 Å². The van der Waals surface area contributed by atoms with E-state index in [0.717, 1.165) is 5.70 Å². The average Bonchev–Trinajstić information content (AvgIpc) is 2.17. The molecular weight excluding hydrogens is 122 g/mol. The molecule has 0 saturated heterocycles. The van der Waals surface area contributed by atoms with Crippen LogP contribution in [0.15, 0.2) is 36.2 Å². The predicted octanol–water partition coefficient (Wildman–Crippen LogP) is 1.38. The van der Waals surface area contributed by atoms with E-state index in [1.807, 2.05) is 30.5 Å². The number of terminal acetylenes is 1. The molecule has 49 valence electrons. The molecule has 0 aliphatic carbocycles. The number of nitrogens with one attached hydrogen (secondary N) is 1. The van der Waals surface area contributed by atoms with Crippen molar-refractivity contribution in [3.63, 3.8) is 0 Å². The molecule has 1 aliphatic heterocycles. The Morgan fingerprint density at radius 3 is 3.10 bits per heavy atom. The lowest BCUT2D eigenvalue weighted by molar-refractivity contribution is 1.10. The van der Waals surface area contributed by atoms with Crippen molar-refractivity contribution in [2.75, 3.05) is 0 Å². The molecule has 0 bridgehead atoms. The summed E-state index contributed by atoms with van der Waals surface area (Å²) in [7, 11) is 0. The summed E-state index contributed by atoms with van der Waals surface area (Å²) in [5, 5.41) is 3.00. The molecule has 0 amide bonds. The second kappa shape index (κ2) is 3.58. The summed E-state index contributed by atoms with van der Waals surface area (Å²) >= 11 is 0. The van der Waals surface area contributed by atoms with Crippen LogP contribution in [0.2, 0.25) is 0 Å². The maximum Gasteiger partial charge on any atom is 0.0792 e. The van der Waals surface area contributed by atoms with Gasteiger partial charge in [-0.15, -0.1) is 6.42 Å². The van der Waals surface area contributed by atoms with E-state index >= 15 is 0 Å². The van der Waals surface area contributed by atoms with E-state index in [1.165, 1.54) is 0 Å². The zero-order valence-electron chi connectivity index (χ0n) is 5.54. The second-order valence-electron chi connectivity index (χ2n) is 1.82. The van der Waals surface area contributed by atoms with Gasteiger partial charge in [0.1, 0.15) is 0 Å². The molecule has 0 aromatic heterocycles. The van der Waals surface area contributed by atoms with E-state index < -0.39 is 0 Å². The fourth-order valence-corrected chi connectivity index (χ4v) is 0.651. The minimum Gasteiger partial charge on any atom is -0.364 e. The van der Waals surface area contributed by atoms with Gasteiger partial charge in [0, 0.05) is 11.9 Å². The van der Waals surface area contributed by atoms with Gasteiger partial charge in [-0.1, -0.05) is 18.1 Å². The first kappa shape index (κ1) is 6.70. The topological polar surface area (TPSA) is 12.0 Å². The van der Waals surface area contributed by atoms with Crippen LogP contribution in [-0.2, 0) is 0 Å². The van der Waals surface area contributed by atoms with E-state index in [0.29, 0.717) is 0 Å². The Kier molecular flexibility index (Phi) is 2.39. The van der Waals surface area contributed by atoms with Gasteiger partial charge < -0.3 is 5.32 Å². The Hall–Kier alpha value is -1.42. The first-order chi connectivity index (χ1) is 4.93. The smallest absolute Gasteiger partial charge is 0.0792 e. The van der Waals surface area contributed by atoms with Crippen molar-refractivity contribution < 1.29 is 0 Å². The first-order valence-electron chi connectivity index (χ1n) is 3.03. The molecule has 1 heterocycles. The monoisotopic (exact) mass is 130 g/mol. The fraction of sp³-hybridized carbons (Fsp3) is 0. The third-order valence-electron chi connectivity index (χ3n) is 1.08. The molecule has 0 aromatic rings. The zero-order valence-corrected chi connectivity index (χ0v) is 5.54. The largest absolute Gasteiger partial charge is 0.364 e. The summed E-state index contributed by atoms with van der Waals surface area (Å²) in [6.07, 6.45) is 16.3. The van der Waals surface area contributed by atoms with Gasteiger partial charge in [0.2, 0.25) is 0 Å². The number of hydrogen-bond acceptors (Lipinski definition) is 1. The normalized spacial score (nSPS) is 14.9. The van der Waals surface area contributed by atoms with Crippen LogP contribution in [0.5, 0.6) is 0 Å². The van der Waals surface area contributed by atoms with Gasteiger partial charge in [-0.05, 0) is 12.2 Å². The molecule has 1 heteroatoms. The summed E-state index contributed by atoms with van der Waals surface area (Å²) < 4.78 is 0. The molecule has 1 nitrogen and oxygen atoms in total. The third kappa shape index (κ3) is 1.83. The molecule has 0 atom stereocenters. The van der Waals surface area contributed by atoms with Crippen LogP contribution in [0.25, 0.3) is 0 Å². The minimum atomic E-state index is 0.938. The summed E-state index contributed by atoms with van der Waals surface area (Å²) in [4.78, 5) is 0. The van der Waals surface area contributed by atoms with E-state index in [2.05, 4.69) is 11.2 Å². The van der Waals surface area contributed by atoms with Gasteiger partial charge in [-0.3, -0.25) is 0 Å². The summed E-state index contributed by atoms with van der Waals surface area (Å²) in [5.41, 5.74) is 0.938. The highest BCUT2D eigenvalue weighted by molar-refractivity contribution is 5.31. The van der Waals surface area contributed by atoms with Crippen LogP contribution in [-0.4, -0.2) is 0 Å². The van der Waals surface area contributed by atoms with Gasteiger partial charge in [-0.2, -0.15) is 0 Å². The molecule has 0 fully saturated rings. The van der Waals surface area contributed by atoms with Crippen LogP contribution in [0.4, 0.5) is 0 Å². The zero-order chi connectivity index (χ0) is 7.23. The van der Waals surface area contributed by atoms with E-state index in [9.17, 15) is 0 Å². The Morgan fingerprint density at radius 1 is 1.40 bits per heavy atom. The Balaban J connectivity index is 2.61. The van der Waals surface area contributed by atoms with Gasteiger partial charge >= 0.3 is 0 Å². The van der Waals surface area contributed by atoms with Crippen LogP contribution in [0.3, 0.4) is 0 Å². The average molecular weight is 130 g/mol. The van der Waals surface area contributed by atoms with Crippen molar-refractivity contribution >= 4 is 0 Å². The molecule has 1 rings (SSSR count). The summed E-state index contributed by atoms with van der Waals surface area (Å²) in [6, 6.07) is 0. The van der Waals surface area contributed by atoms with Gasteiger partial charge in [0.15, 0.2) is 0 Å². The van der Waals surface area contributed by atoms with Crippen LogP contribution >= 0.6 is 0 Å². The van der Waals surface area contributed by atoms with Crippen molar-refractivity contribution in [3.8, 4) is 12.3 Å². The van der Waals surface area contributed by atoms with Crippen LogP contribution < -0.4 is 5.32 Å². The standard InChI is InChI=1S/C9H8N/c1-2-6-9-7-4-3-5-8-10-9/h1,3-8,10H. The maximum atomic E-state index is 5.08. The lowest BCUT2D eigenvalue weighted by Crippen LogP contribution is -2.02. The minimum absolute atomic E-state index is 0.938. The molecule has 1 aliphatic rings. The second-order valence-corrected chi connectivity index (χ2v) is 1.82. The SMILES string of the molecule is C#C[CH]C1=CC=CC=CN1. The van der Waals surface area contributed by atoms with E-state index in [4.69, 9.17) is 6.42 Å². The lowest BCUT2D eigenvalue weighted by atomic mass is 10.3. The van der Waals surface area contributed by atoms with Crippen LogP contribution in [0.1, 0.15) is 0 Å². The molecule has 0 spiro atoms. The molecule has 1 radical (unpaired) electrons. The Labute approximate surface area is 61.1 Å². The fourth-order valence-electron chi connectivity index (χ4n) is 0.651. The number of hydrogen-bond donors (Lipinski definition) is 1. The van der Waals surface area contributed by atoms with Crippen molar-refractivity contribution in [1.82, 2.24) is 5.32 Å². The lowest BCUT2D eigenvalue weighted by Gasteiger charge is -1.97. The summed E-state index contributed by atoms with van der Waals surface area (Å²) in [6.45, 7) is 0. The van der Waals surface area contributed by atoms with E-state index in [1.54, 1.807) is 6.42 Å². The molecule has 1 N–H and O–H groups in total. The molecular formula is C9H8N. The quantitative estimate of drug-likeness (QED) is 0.529. The highest BCUT2D eigenvalue weighted by atomic mass is 14.8. The summed E-state index contributed by atoms with van der Waals surface area (Å²) in [5.74, 6) is 2.44. The maximum absolute atomic E-state index is 5.08. The molecule has 10 heavy (non-hydrogen) atoms. The molecule has 0 saturated carbocycles. The highest BCUT2D eigenvalue weighted by Gasteiger charge is 1.90. The Bertz CT molecular complexity index is 226. The van der Waals surface area contributed by atoms with Crippen molar-refractivity contribution in [1.29, 1.82) is 0 Å². The molecule has 0 aromatic carbocycles.